The predicted octanol–water partition coefficient (Wildman–Crippen LogP) is 4.15. The summed E-state index contributed by atoms with van der Waals surface area (Å²) >= 11 is 7.84. The molecule has 0 saturated carbocycles. The van der Waals surface area contributed by atoms with Crippen molar-refractivity contribution in [3.05, 3.63) is 51.1 Å². The molecule has 0 aliphatic rings. The maximum atomic E-state index is 6.10. The molecule has 3 aromatic rings. The van der Waals surface area contributed by atoms with E-state index in [-0.39, 0.29) is 24.0 Å². The Bertz CT molecular complexity index is 873. The van der Waals surface area contributed by atoms with Gasteiger partial charge in [0.25, 0.3) is 0 Å². The molecule has 0 unspecified atom stereocenters. The molecule has 0 atom stereocenters. The number of aliphatic imine (C=N–C) groups is 1. The highest BCUT2D eigenvalue weighted by Gasteiger charge is 2.05. The van der Waals surface area contributed by atoms with Gasteiger partial charge in [-0.2, -0.15) is 0 Å². The summed E-state index contributed by atoms with van der Waals surface area (Å²) in [5, 5.41) is 9.77. The minimum atomic E-state index is 0. The van der Waals surface area contributed by atoms with Crippen molar-refractivity contribution in [2.24, 2.45) is 4.99 Å². The molecule has 8 heteroatoms. The molecular weight excluding hydrogens is 481 g/mol. The van der Waals surface area contributed by atoms with Crippen molar-refractivity contribution < 1.29 is 0 Å². The highest BCUT2D eigenvalue weighted by molar-refractivity contribution is 14.0. The van der Waals surface area contributed by atoms with Crippen LogP contribution in [-0.4, -0.2) is 36.1 Å². The third-order valence-electron chi connectivity index (χ3n) is 3.94. The summed E-state index contributed by atoms with van der Waals surface area (Å²) in [5.41, 5.74) is 2.36. The minimum absolute atomic E-state index is 0. The largest absolute Gasteiger partial charge is 0.361 e. The molecule has 0 aliphatic heterocycles. The second kappa shape index (κ2) is 10.1. The molecule has 2 heterocycles. The van der Waals surface area contributed by atoms with Crippen LogP contribution in [0.5, 0.6) is 0 Å². The Balaban J connectivity index is 0.00000243. The first-order valence-electron chi connectivity index (χ1n) is 8.27. The normalized spacial score (nSPS) is 11.4. The zero-order valence-corrected chi connectivity index (χ0v) is 18.7. The summed E-state index contributed by atoms with van der Waals surface area (Å²) in [6.07, 6.45) is 5.76. The molecule has 140 valence electrons. The van der Waals surface area contributed by atoms with E-state index in [4.69, 9.17) is 11.6 Å². The topological polar surface area (TPSA) is 65.1 Å². The van der Waals surface area contributed by atoms with Gasteiger partial charge in [-0.3, -0.25) is 4.99 Å². The molecule has 26 heavy (non-hydrogen) atoms. The van der Waals surface area contributed by atoms with Crippen molar-refractivity contribution >= 4 is 63.8 Å². The van der Waals surface area contributed by atoms with E-state index in [0.717, 1.165) is 47.4 Å². The molecule has 2 aromatic heterocycles. The van der Waals surface area contributed by atoms with E-state index in [0.29, 0.717) is 0 Å². The Labute approximate surface area is 179 Å². The molecule has 1 aromatic carbocycles. The number of rotatable bonds is 6. The molecule has 0 radical (unpaired) electrons. The number of hydrogen-bond donors (Lipinski definition) is 3. The van der Waals surface area contributed by atoms with E-state index in [1.165, 1.54) is 15.8 Å². The Hall–Kier alpha value is -1.32. The maximum Gasteiger partial charge on any atom is 0.191 e. The van der Waals surface area contributed by atoms with E-state index in [1.807, 2.05) is 30.6 Å². The third kappa shape index (κ3) is 5.59. The van der Waals surface area contributed by atoms with Gasteiger partial charge >= 0.3 is 0 Å². The van der Waals surface area contributed by atoms with Crippen LogP contribution in [0.4, 0.5) is 0 Å². The van der Waals surface area contributed by atoms with Crippen LogP contribution in [0.3, 0.4) is 0 Å². The molecule has 0 amide bonds. The average Bonchev–Trinajstić information content (AvgIpc) is 3.19. The number of aryl methyl sites for hydroxylation is 1. The quantitative estimate of drug-likeness (QED) is 0.269. The lowest BCUT2D eigenvalue weighted by atomic mass is 10.1. The Morgan fingerprint density at radius 1 is 1.27 bits per heavy atom. The summed E-state index contributed by atoms with van der Waals surface area (Å²) in [7, 11) is 1.79. The lowest BCUT2D eigenvalue weighted by Gasteiger charge is -2.11. The summed E-state index contributed by atoms with van der Waals surface area (Å²) in [5.74, 6) is 0.811. The fourth-order valence-corrected chi connectivity index (χ4v) is 3.66. The number of H-pyrrole nitrogens is 1. The van der Waals surface area contributed by atoms with Crippen molar-refractivity contribution in [3.8, 4) is 0 Å². The first-order valence-corrected chi connectivity index (χ1v) is 9.46. The van der Waals surface area contributed by atoms with E-state index in [9.17, 15) is 0 Å². The SMILES string of the molecule is CN=C(NCCc1ncc(C)s1)NCCc1c[nH]c2ccc(Cl)cc12.I. The van der Waals surface area contributed by atoms with Gasteiger partial charge in [-0.15, -0.1) is 35.3 Å². The van der Waals surface area contributed by atoms with E-state index >= 15 is 0 Å². The van der Waals surface area contributed by atoms with E-state index in [1.54, 1.807) is 18.4 Å². The summed E-state index contributed by atoms with van der Waals surface area (Å²) in [6, 6.07) is 5.92. The fourth-order valence-electron chi connectivity index (χ4n) is 2.70. The smallest absolute Gasteiger partial charge is 0.191 e. The van der Waals surface area contributed by atoms with Crippen LogP contribution in [0, 0.1) is 6.92 Å². The van der Waals surface area contributed by atoms with E-state index < -0.39 is 0 Å². The van der Waals surface area contributed by atoms with Crippen LogP contribution in [0.15, 0.2) is 35.6 Å². The lowest BCUT2D eigenvalue weighted by Crippen LogP contribution is -2.39. The summed E-state index contributed by atoms with van der Waals surface area (Å²) < 4.78 is 0. The van der Waals surface area contributed by atoms with Gasteiger partial charge in [-0.05, 0) is 37.1 Å². The van der Waals surface area contributed by atoms with E-state index in [2.05, 4.69) is 32.5 Å². The Morgan fingerprint density at radius 3 is 2.73 bits per heavy atom. The van der Waals surface area contributed by atoms with Gasteiger partial charge in [-0.25, -0.2) is 4.98 Å². The van der Waals surface area contributed by atoms with Gasteiger partial charge in [0.15, 0.2) is 5.96 Å². The van der Waals surface area contributed by atoms with Crippen molar-refractivity contribution in [2.75, 3.05) is 20.1 Å². The molecule has 0 fully saturated rings. The highest BCUT2D eigenvalue weighted by atomic mass is 127. The molecular formula is C18H23ClIN5S. The summed E-state index contributed by atoms with van der Waals surface area (Å²) in [4.78, 5) is 13.2. The third-order valence-corrected chi connectivity index (χ3v) is 5.15. The number of nitrogens with zero attached hydrogens (tertiary/aromatic N) is 2. The molecule has 0 aliphatic carbocycles. The fraction of sp³-hybridized carbons (Fsp3) is 0.333. The van der Waals surface area contributed by atoms with Gasteiger partial charge < -0.3 is 15.6 Å². The van der Waals surface area contributed by atoms with Crippen molar-refractivity contribution in [3.63, 3.8) is 0 Å². The van der Waals surface area contributed by atoms with Gasteiger partial charge in [0.2, 0.25) is 0 Å². The highest BCUT2D eigenvalue weighted by Crippen LogP contribution is 2.22. The molecule has 0 spiro atoms. The average molecular weight is 504 g/mol. The molecule has 3 rings (SSSR count). The minimum Gasteiger partial charge on any atom is -0.361 e. The number of thiazole rings is 1. The number of fused-ring (bicyclic) bond motifs is 1. The zero-order valence-electron chi connectivity index (χ0n) is 14.8. The number of nitrogens with one attached hydrogen (secondary N) is 3. The van der Waals surface area contributed by atoms with Crippen molar-refractivity contribution in [2.45, 2.75) is 19.8 Å². The monoisotopic (exact) mass is 503 g/mol. The van der Waals surface area contributed by atoms with Gasteiger partial charge in [0.1, 0.15) is 0 Å². The second-order valence-electron chi connectivity index (χ2n) is 5.79. The van der Waals surface area contributed by atoms with Crippen molar-refractivity contribution in [1.29, 1.82) is 0 Å². The Kier molecular flexibility index (Phi) is 8.17. The second-order valence-corrected chi connectivity index (χ2v) is 7.55. The number of aromatic amines is 1. The zero-order chi connectivity index (χ0) is 17.6. The number of benzene rings is 1. The van der Waals surface area contributed by atoms with Crippen molar-refractivity contribution in [1.82, 2.24) is 20.6 Å². The van der Waals surface area contributed by atoms with Crippen LogP contribution >= 0.6 is 46.9 Å². The number of guanidine groups is 1. The first kappa shape index (κ1) is 21.0. The molecule has 3 N–H and O–H groups in total. The molecule has 0 saturated heterocycles. The molecule has 0 bridgehead atoms. The van der Waals surface area contributed by atoms with Crippen LogP contribution in [0.2, 0.25) is 5.02 Å². The van der Waals surface area contributed by atoms with Gasteiger partial charge in [0, 0.05) is 59.8 Å². The maximum absolute atomic E-state index is 6.10. The first-order chi connectivity index (χ1) is 12.2. The lowest BCUT2D eigenvalue weighted by molar-refractivity contribution is 0.783. The van der Waals surface area contributed by atoms with Crippen LogP contribution < -0.4 is 10.6 Å². The predicted molar refractivity (Wildman–Crippen MR) is 122 cm³/mol. The number of hydrogen-bond acceptors (Lipinski definition) is 3. The number of aromatic nitrogens is 2. The summed E-state index contributed by atoms with van der Waals surface area (Å²) in [6.45, 7) is 3.69. The van der Waals surface area contributed by atoms with Crippen LogP contribution in [0.1, 0.15) is 15.4 Å². The van der Waals surface area contributed by atoms with Gasteiger partial charge in [0.05, 0.1) is 5.01 Å². The van der Waals surface area contributed by atoms with Crippen LogP contribution in [-0.2, 0) is 12.8 Å². The standard InChI is InChI=1S/C18H22ClN5S.HI/c1-12-10-24-17(25-12)6-8-22-18(20-2)21-7-5-13-11-23-16-4-3-14(19)9-15(13)16;/h3-4,9-11,23H,5-8H2,1-2H3,(H2,20,21,22);1H. The molecule has 5 nitrogen and oxygen atoms in total. The Morgan fingerprint density at radius 2 is 2.04 bits per heavy atom. The van der Waals surface area contributed by atoms with Crippen LogP contribution in [0.25, 0.3) is 10.9 Å². The number of halogens is 2. The van der Waals surface area contributed by atoms with Gasteiger partial charge in [-0.1, -0.05) is 11.6 Å².